The van der Waals surface area contributed by atoms with Crippen LogP contribution in [0.25, 0.3) is 5.52 Å². The molecule has 0 spiro atoms. The minimum atomic E-state index is -4.85. The lowest BCUT2D eigenvalue weighted by atomic mass is 10.1. The SMILES string of the molecule is Cc1ccn2nc(C(F)(F)F)c(C(=O)NCc3ccc(N4CCN(c5ccc(OC(F)(F)F)cc5)[C@@H](C)C4)c(F)c3)c2c1.Cl. The number of carbonyl (C=O) groups excluding carboxylic acids is 1. The van der Waals surface area contributed by atoms with Crippen LogP contribution < -0.4 is 19.9 Å². The third-order valence-corrected chi connectivity index (χ3v) is 7.12. The maximum Gasteiger partial charge on any atom is 0.573 e. The maximum absolute atomic E-state index is 15.2. The molecule has 4 aromatic rings. The number of hydrogen-bond donors (Lipinski definition) is 1. The molecule has 1 saturated heterocycles. The summed E-state index contributed by atoms with van der Waals surface area (Å²) < 4.78 is 98.4. The van der Waals surface area contributed by atoms with Crippen LogP contribution in [-0.4, -0.2) is 47.6 Å². The van der Waals surface area contributed by atoms with Gasteiger partial charge in [0, 0.05) is 44.1 Å². The average Bonchev–Trinajstić information content (AvgIpc) is 3.31. The van der Waals surface area contributed by atoms with E-state index in [1.165, 1.54) is 42.6 Å². The number of amides is 1. The van der Waals surface area contributed by atoms with E-state index in [1.54, 1.807) is 25.1 Å². The summed E-state index contributed by atoms with van der Waals surface area (Å²) in [5.41, 5.74) is 0.0974. The van der Waals surface area contributed by atoms with Crippen molar-refractivity contribution >= 4 is 35.2 Å². The van der Waals surface area contributed by atoms with Gasteiger partial charge in [-0.3, -0.25) is 4.79 Å². The van der Waals surface area contributed by atoms with Gasteiger partial charge in [0.05, 0.1) is 16.8 Å². The Kier molecular flexibility index (Phi) is 9.24. The van der Waals surface area contributed by atoms with Crippen molar-refractivity contribution < 1.29 is 40.3 Å². The Bertz CT molecular complexity index is 1640. The van der Waals surface area contributed by atoms with E-state index in [-0.39, 0.29) is 36.3 Å². The van der Waals surface area contributed by atoms with Gasteiger partial charge in [-0.2, -0.15) is 18.3 Å². The van der Waals surface area contributed by atoms with Gasteiger partial charge in [0.25, 0.3) is 5.91 Å². The molecular formula is C29H27ClF7N5O2. The Morgan fingerprint density at radius 2 is 1.73 bits per heavy atom. The molecule has 2 aromatic heterocycles. The largest absolute Gasteiger partial charge is 0.573 e. The molecule has 1 aliphatic rings. The van der Waals surface area contributed by atoms with E-state index in [9.17, 15) is 31.1 Å². The van der Waals surface area contributed by atoms with Crippen molar-refractivity contribution in [1.82, 2.24) is 14.9 Å². The molecular weight excluding hydrogens is 619 g/mol. The van der Waals surface area contributed by atoms with Gasteiger partial charge in [-0.25, -0.2) is 8.91 Å². The Hall–Kier alpha value is -4.20. The molecule has 1 aliphatic heterocycles. The predicted octanol–water partition coefficient (Wildman–Crippen LogP) is 6.77. The van der Waals surface area contributed by atoms with Crippen molar-refractivity contribution in [3.63, 3.8) is 0 Å². The number of aryl methyl sites for hydroxylation is 1. The molecule has 1 atom stereocenters. The number of nitrogens with zero attached hydrogens (tertiary/aromatic N) is 4. The Morgan fingerprint density at radius 1 is 1.02 bits per heavy atom. The fourth-order valence-electron chi connectivity index (χ4n) is 5.16. The zero-order chi connectivity index (χ0) is 31.1. The van der Waals surface area contributed by atoms with E-state index < -0.39 is 35.5 Å². The number of hydrogen-bond acceptors (Lipinski definition) is 5. The van der Waals surface area contributed by atoms with Gasteiger partial charge in [-0.15, -0.1) is 25.6 Å². The van der Waals surface area contributed by atoms with Crippen LogP contribution in [0.5, 0.6) is 5.75 Å². The first kappa shape index (κ1) is 32.7. The summed E-state index contributed by atoms with van der Waals surface area (Å²) in [5, 5.41) is 5.99. The third kappa shape index (κ3) is 7.12. The van der Waals surface area contributed by atoms with Gasteiger partial charge >= 0.3 is 12.5 Å². The summed E-state index contributed by atoms with van der Waals surface area (Å²) in [6.07, 6.45) is -8.29. The quantitative estimate of drug-likeness (QED) is 0.235. The van der Waals surface area contributed by atoms with E-state index in [2.05, 4.69) is 15.2 Å². The van der Waals surface area contributed by atoms with Crippen LogP contribution >= 0.6 is 12.4 Å². The van der Waals surface area contributed by atoms with Crippen LogP contribution in [0.4, 0.5) is 42.1 Å². The number of carbonyl (C=O) groups is 1. The summed E-state index contributed by atoms with van der Waals surface area (Å²) in [5.74, 6) is -1.88. The van der Waals surface area contributed by atoms with E-state index in [0.29, 0.717) is 42.1 Å². The second-order valence-corrected chi connectivity index (χ2v) is 10.3. The number of rotatable bonds is 6. The van der Waals surface area contributed by atoms with Crippen LogP contribution in [-0.2, 0) is 12.7 Å². The normalized spacial score (nSPS) is 15.7. The molecule has 3 heterocycles. The molecule has 0 bridgehead atoms. The first-order chi connectivity index (χ1) is 20.2. The highest BCUT2D eigenvalue weighted by molar-refractivity contribution is 6.02. The second-order valence-electron chi connectivity index (χ2n) is 10.3. The van der Waals surface area contributed by atoms with Crippen LogP contribution in [0, 0.1) is 12.7 Å². The number of alkyl halides is 6. The Labute approximate surface area is 253 Å². The molecule has 7 nitrogen and oxygen atoms in total. The van der Waals surface area contributed by atoms with Crippen LogP contribution in [0.1, 0.15) is 34.1 Å². The third-order valence-electron chi connectivity index (χ3n) is 7.12. The number of nitrogens with one attached hydrogen (secondary N) is 1. The lowest BCUT2D eigenvalue weighted by Crippen LogP contribution is -2.52. The van der Waals surface area contributed by atoms with Gasteiger partial charge in [0.15, 0.2) is 5.69 Å². The summed E-state index contributed by atoms with van der Waals surface area (Å²) >= 11 is 0. The number of benzene rings is 2. The first-order valence-corrected chi connectivity index (χ1v) is 13.2. The fourth-order valence-corrected chi connectivity index (χ4v) is 5.16. The second kappa shape index (κ2) is 12.4. The topological polar surface area (TPSA) is 62.1 Å². The molecule has 44 heavy (non-hydrogen) atoms. The van der Waals surface area contributed by atoms with Gasteiger partial charge in [-0.05, 0) is 73.5 Å². The number of anilines is 2. The van der Waals surface area contributed by atoms with Crippen molar-refractivity contribution in [3.8, 4) is 5.75 Å². The summed E-state index contributed by atoms with van der Waals surface area (Å²) in [6.45, 7) is 4.69. The van der Waals surface area contributed by atoms with E-state index >= 15 is 4.39 Å². The Morgan fingerprint density at radius 3 is 2.34 bits per heavy atom. The van der Waals surface area contributed by atoms with Crippen LogP contribution in [0.3, 0.4) is 0 Å². The number of pyridine rings is 1. The van der Waals surface area contributed by atoms with E-state index in [4.69, 9.17) is 0 Å². The predicted molar refractivity (Wildman–Crippen MR) is 152 cm³/mol. The molecule has 0 aliphatic carbocycles. The van der Waals surface area contributed by atoms with Gasteiger partial charge in [0.2, 0.25) is 0 Å². The number of piperazine rings is 1. The zero-order valence-corrected chi connectivity index (χ0v) is 24.2. The summed E-state index contributed by atoms with van der Waals surface area (Å²) in [7, 11) is 0. The molecule has 1 fully saturated rings. The lowest BCUT2D eigenvalue weighted by molar-refractivity contribution is -0.274. The number of ether oxygens (including phenoxy) is 1. The van der Waals surface area contributed by atoms with Gasteiger partial charge < -0.3 is 19.9 Å². The van der Waals surface area contributed by atoms with Crippen molar-refractivity contribution in [1.29, 1.82) is 0 Å². The molecule has 0 unspecified atom stereocenters. The molecule has 15 heteroatoms. The molecule has 1 N–H and O–H groups in total. The molecule has 0 saturated carbocycles. The van der Waals surface area contributed by atoms with Crippen molar-refractivity contribution in [2.45, 2.75) is 39.0 Å². The van der Waals surface area contributed by atoms with Gasteiger partial charge in [0.1, 0.15) is 11.6 Å². The van der Waals surface area contributed by atoms with Crippen LogP contribution in [0.15, 0.2) is 60.8 Å². The molecule has 0 radical (unpaired) electrons. The molecule has 236 valence electrons. The monoisotopic (exact) mass is 645 g/mol. The van der Waals surface area contributed by atoms with E-state index in [1.807, 2.05) is 16.7 Å². The number of fused-ring (bicyclic) bond motifs is 1. The highest BCUT2D eigenvalue weighted by Crippen LogP contribution is 2.34. The number of aromatic nitrogens is 2. The van der Waals surface area contributed by atoms with Gasteiger partial charge in [-0.1, -0.05) is 6.07 Å². The Balaban J connectivity index is 0.00000442. The maximum atomic E-state index is 15.2. The lowest BCUT2D eigenvalue weighted by Gasteiger charge is -2.42. The average molecular weight is 646 g/mol. The van der Waals surface area contributed by atoms with Crippen molar-refractivity contribution in [2.24, 2.45) is 0 Å². The minimum Gasteiger partial charge on any atom is -0.406 e. The smallest absolute Gasteiger partial charge is 0.406 e. The first-order valence-electron chi connectivity index (χ1n) is 13.2. The minimum absolute atomic E-state index is 0. The van der Waals surface area contributed by atoms with Crippen molar-refractivity contribution in [2.75, 3.05) is 29.4 Å². The highest BCUT2D eigenvalue weighted by atomic mass is 35.5. The highest BCUT2D eigenvalue weighted by Gasteiger charge is 2.40. The van der Waals surface area contributed by atoms with E-state index in [0.717, 1.165) is 4.52 Å². The standard InChI is InChI=1S/C29H26F7N5O2.ClH/c1-17-9-10-41-24(13-17)25(26(38-41)28(31,32)33)27(42)37-15-19-3-8-23(22(30)14-19)39-11-12-40(18(2)16-39)20-4-6-21(7-5-20)43-29(34,35)36;/h3-10,13-14,18H,11-12,15-16H2,1-2H3,(H,37,42);1H/t18-;/m0./s1. The fraction of sp³-hybridized carbons (Fsp3) is 0.310. The summed E-state index contributed by atoms with van der Waals surface area (Å²) in [6, 6.07) is 12.8. The molecule has 1 amide bonds. The molecule has 5 rings (SSSR count). The number of halogens is 8. The zero-order valence-electron chi connectivity index (χ0n) is 23.3. The van der Waals surface area contributed by atoms with Crippen molar-refractivity contribution in [3.05, 3.63) is 89.0 Å². The molecule has 2 aromatic carbocycles. The summed E-state index contributed by atoms with van der Waals surface area (Å²) in [4.78, 5) is 16.7. The van der Waals surface area contributed by atoms with Crippen LogP contribution in [0.2, 0.25) is 0 Å².